The van der Waals surface area contributed by atoms with Crippen LogP contribution in [0.2, 0.25) is 0 Å². The Hall–Kier alpha value is -3.49. The summed E-state index contributed by atoms with van der Waals surface area (Å²) in [4.78, 5) is 18.9. The van der Waals surface area contributed by atoms with Gasteiger partial charge >= 0.3 is 5.97 Å². The number of anilines is 1. The predicted molar refractivity (Wildman–Crippen MR) is 155 cm³/mol. The molecule has 2 aliphatic heterocycles. The van der Waals surface area contributed by atoms with Crippen molar-refractivity contribution >= 4 is 22.4 Å². The quantitative estimate of drug-likeness (QED) is 0.243. The molecule has 0 spiro atoms. The number of aryl methyl sites for hydroxylation is 2. The van der Waals surface area contributed by atoms with E-state index >= 15 is 0 Å². The number of hydrogen-bond donors (Lipinski definition) is 1. The van der Waals surface area contributed by atoms with Crippen molar-refractivity contribution in [3.8, 4) is 22.5 Å². The second kappa shape index (κ2) is 10.2. The van der Waals surface area contributed by atoms with Crippen molar-refractivity contribution in [3.05, 3.63) is 75.9 Å². The first-order valence-electron chi connectivity index (χ1n) is 14.2. The molecule has 7 nitrogen and oxygen atoms in total. The number of rotatable bonds is 8. The van der Waals surface area contributed by atoms with Crippen molar-refractivity contribution in [2.45, 2.75) is 83.1 Å². The Morgan fingerprint density at radius 2 is 1.82 bits per heavy atom. The maximum absolute atomic E-state index is 11.3. The van der Waals surface area contributed by atoms with Crippen LogP contribution in [0.4, 0.5) is 5.13 Å². The van der Waals surface area contributed by atoms with Crippen molar-refractivity contribution in [2.24, 2.45) is 0 Å². The van der Waals surface area contributed by atoms with E-state index in [-0.39, 0.29) is 6.10 Å². The number of hydrogen-bond acceptors (Lipinski definition) is 7. The molecule has 0 radical (unpaired) electrons. The van der Waals surface area contributed by atoms with Crippen LogP contribution in [-0.4, -0.2) is 39.4 Å². The first-order valence-corrected chi connectivity index (χ1v) is 15.1. The molecule has 0 amide bonds. The lowest BCUT2D eigenvalue weighted by atomic mass is 9.99. The Labute approximate surface area is 237 Å². The van der Waals surface area contributed by atoms with Gasteiger partial charge in [-0.1, -0.05) is 35.5 Å². The summed E-state index contributed by atoms with van der Waals surface area (Å²) < 4.78 is 12.5. The summed E-state index contributed by atoms with van der Waals surface area (Å²) in [5, 5.41) is 17.0. The standard InChI is InChI=1S/C32H33N3O4S/c1-18-5-3-4-6-26(18)29-27(30(39-34-29)20-7-8-20)16-38-24-14-22-10-11-23(15-24)35(22)32-33-28(17-40-32)25-12-9-21(31(36)37)13-19(25)2/h3-6,9,12-13,17,20,22-24H,7-8,10-11,14-16H2,1-2H3,(H,36,37)/t22-,23+,24?. The van der Waals surface area contributed by atoms with E-state index in [9.17, 15) is 9.90 Å². The van der Waals surface area contributed by atoms with Crippen molar-refractivity contribution < 1.29 is 19.2 Å². The minimum absolute atomic E-state index is 0.200. The van der Waals surface area contributed by atoms with Gasteiger partial charge in [0.15, 0.2) is 5.13 Å². The Bertz CT molecular complexity index is 1560. The lowest BCUT2D eigenvalue weighted by Crippen LogP contribution is -2.45. The minimum atomic E-state index is -0.908. The average molecular weight is 556 g/mol. The second-order valence-corrected chi connectivity index (χ2v) is 12.3. The van der Waals surface area contributed by atoms with Crippen LogP contribution in [0, 0.1) is 13.8 Å². The molecule has 1 saturated carbocycles. The Morgan fingerprint density at radius 1 is 1.05 bits per heavy atom. The van der Waals surface area contributed by atoms with Crippen LogP contribution >= 0.6 is 11.3 Å². The fraction of sp³-hybridized carbons (Fsp3) is 0.406. The van der Waals surface area contributed by atoms with Crippen molar-refractivity contribution in [3.63, 3.8) is 0 Å². The van der Waals surface area contributed by atoms with Crippen LogP contribution in [-0.2, 0) is 11.3 Å². The predicted octanol–water partition coefficient (Wildman–Crippen LogP) is 7.37. The molecule has 40 heavy (non-hydrogen) atoms. The molecule has 3 fully saturated rings. The number of fused-ring (bicyclic) bond motifs is 2. The Morgan fingerprint density at radius 3 is 2.52 bits per heavy atom. The van der Waals surface area contributed by atoms with E-state index < -0.39 is 5.97 Å². The van der Waals surface area contributed by atoms with Gasteiger partial charge in [0, 0.05) is 40.1 Å². The van der Waals surface area contributed by atoms with E-state index in [1.165, 1.54) is 5.56 Å². The first-order chi connectivity index (χ1) is 19.5. The molecule has 1 N–H and O–H groups in total. The van der Waals surface area contributed by atoms with Crippen LogP contribution in [0.15, 0.2) is 52.4 Å². The zero-order chi connectivity index (χ0) is 27.4. The number of carboxylic acids is 1. The van der Waals surface area contributed by atoms with Gasteiger partial charge in [0.25, 0.3) is 0 Å². The van der Waals surface area contributed by atoms with Gasteiger partial charge in [-0.2, -0.15) is 0 Å². The molecule has 2 aromatic carbocycles. The van der Waals surface area contributed by atoms with Gasteiger partial charge in [0.05, 0.1) is 24.0 Å². The number of benzene rings is 2. The number of piperidine rings is 1. The van der Waals surface area contributed by atoms with Gasteiger partial charge in [0.2, 0.25) is 0 Å². The molecule has 2 aromatic heterocycles. The summed E-state index contributed by atoms with van der Waals surface area (Å²) in [6.45, 7) is 4.60. The van der Waals surface area contributed by atoms with Crippen LogP contribution < -0.4 is 4.90 Å². The highest BCUT2D eigenvalue weighted by Crippen LogP contribution is 2.46. The molecule has 4 aromatic rings. The maximum atomic E-state index is 11.3. The van der Waals surface area contributed by atoms with E-state index in [2.05, 4.69) is 46.6 Å². The Balaban J connectivity index is 1.06. The van der Waals surface area contributed by atoms with Crippen molar-refractivity contribution in [2.75, 3.05) is 4.90 Å². The molecule has 3 aliphatic rings. The molecule has 2 bridgehead atoms. The topological polar surface area (TPSA) is 88.7 Å². The fourth-order valence-corrected chi connectivity index (χ4v) is 7.51. The minimum Gasteiger partial charge on any atom is -0.478 e. The van der Waals surface area contributed by atoms with Crippen molar-refractivity contribution in [1.82, 2.24) is 10.1 Å². The molecule has 4 heterocycles. The third-order valence-corrected chi connectivity index (χ3v) is 9.64. The average Bonchev–Trinajstić information content (AvgIpc) is 3.42. The van der Waals surface area contributed by atoms with E-state index in [4.69, 9.17) is 14.2 Å². The highest BCUT2D eigenvalue weighted by molar-refractivity contribution is 7.14. The van der Waals surface area contributed by atoms with E-state index in [0.29, 0.717) is 30.2 Å². The van der Waals surface area contributed by atoms with E-state index in [1.54, 1.807) is 23.5 Å². The molecule has 3 atom stereocenters. The van der Waals surface area contributed by atoms with Crippen LogP contribution in [0.1, 0.15) is 77.3 Å². The summed E-state index contributed by atoms with van der Waals surface area (Å²) in [5.41, 5.74) is 7.51. The molecular weight excluding hydrogens is 522 g/mol. The normalized spacial score (nSPS) is 22.1. The van der Waals surface area contributed by atoms with Gasteiger partial charge in [-0.25, -0.2) is 9.78 Å². The number of ether oxygens (including phenoxy) is 1. The number of nitrogens with zero attached hydrogens (tertiary/aromatic N) is 3. The van der Waals surface area contributed by atoms with Gasteiger partial charge in [0.1, 0.15) is 11.5 Å². The van der Waals surface area contributed by atoms with Gasteiger partial charge in [-0.05, 0) is 75.6 Å². The van der Waals surface area contributed by atoms with E-state index in [1.807, 2.05) is 13.0 Å². The largest absolute Gasteiger partial charge is 0.478 e. The van der Waals surface area contributed by atoms with Crippen LogP contribution in [0.3, 0.4) is 0 Å². The number of thiazole rings is 1. The molecular formula is C32H33N3O4S. The number of carbonyl (C=O) groups is 1. The highest BCUT2D eigenvalue weighted by Gasteiger charge is 2.43. The van der Waals surface area contributed by atoms with E-state index in [0.717, 1.165) is 83.1 Å². The number of carboxylic acid groups (broad SMARTS) is 1. The highest BCUT2D eigenvalue weighted by atomic mass is 32.1. The van der Waals surface area contributed by atoms with Gasteiger partial charge < -0.3 is 19.3 Å². The Kier molecular flexibility index (Phi) is 6.47. The summed E-state index contributed by atoms with van der Waals surface area (Å²) in [5.74, 6) is 0.583. The molecule has 7 rings (SSSR count). The summed E-state index contributed by atoms with van der Waals surface area (Å²) in [6.07, 6.45) is 6.81. The monoisotopic (exact) mass is 555 g/mol. The van der Waals surface area contributed by atoms with Crippen LogP contribution in [0.5, 0.6) is 0 Å². The molecule has 1 unspecified atom stereocenters. The van der Waals surface area contributed by atoms with Crippen LogP contribution in [0.25, 0.3) is 22.5 Å². The second-order valence-electron chi connectivity index (χ2n) is 11.5. The summed E-state index contributed by atoms with van der Waals surface area (Å²) >= 11 is 1.68. The summed E-state index contributed by atoms with van der Waals surface area (Å²) in [6, 6.07) is 14.4. The lowest BCUT2D eigenvalue weighted by Gasteiger charge is -2.38. The smallest absolute Gasteiger partial charge is 0.335 e. The SMILES string of the molecule is Cc1cc(C(=O)O)ccc1-c1csc(N2[C@@H]3CC[C@H]2CC(OCc2c(-c4ccccc4C)noc2C2CC2)C3)n1. The number of aromatic nitrogens is 2. The lowest BCUT2D eigenvalue weighted by molar-refractivity contribution is 0.0147. The molecule has 2 saturated heterocycles. The summed E-state index contributed by atoms with van der Waals surface area (Å²) in [7, 11) is 0. The van der Waals surface area contributed by atoms with Crippen molar-refractivity contribution in [1.29, 1.82) is 0 Å². The molecule has 8 heteroatoms. The third kappa shape index (κ3) is 4.63. The van der Waals surface area contributed by atoms with Gasteiger partial charge in [-0.3, -0.25) is 0 Å². The zero-order valence-electron chi connectivity index (χ0n) is 22.8. The molecule has 1 aliphatic carbocycles. The molecule has 206 valence electrons. The maximum Gasteiger partial charge on any atom is 0.335 e. The third-order valence-electron chi connectivity index (χ3n) is 8.78. The number of aromatic carboxylic acids is 1. The zero-order valence-corrected chi connectivity index (χ0v) is 23.6. The van der Waals surface area contributed by atoms with Gasteiger partial charge in [-0.15, -0.1) is 11.3 Å². The first kappa shape index (κ1) is 25.5. The fourth-order valence-electron chi connectivity index (χ4n) is 6.55.